The molecule has 4 heteroatoms. The van der Waals surface area contributed by atoms with Gasteiger partial charge in [-0.05, 0) is 25.0 Å². The minimum atomic E-state index is -0.350. The van der Waals surface area contributed by atoms with Gasteiger partial charge in [0.15, 0.2) is 11.5 Å². The zero-order valence-corrected chi connectivity index (χ0v) is 7.61. The van der Waals surface area contributed by atoms with Crippen molar-refractivity contribution in [2.45, 2.75) is 13.8 Å². The van der Waals surface area contributed by atoms with Gasteiger partial charge in [0, 0.05) is 0 Å². The number of phenolic OH excluding ortho intramolecular Hbond substituents is 2. The minimum Gasteiger partial charge on any atom is -0.503 e. The molecule has 1 aromatic rings. The van der Waals surface area contributed by atoms with E-state index in [1.165, 1.54) is 0 Å². The average molecular weight is 188 g/mol. The third kappa shape index (κ3) is 1.06. The van der Waals surface area contributed by atoms with E-state index < -0.39 is 0 Å². The molecule has 0 amide bonds. The van der Waals surface area contributed by atoms with Crippen LogP contribution in [-0.4, -0.2) is 10.2 Å². The summed E-state index contributed by atoms with van der Waals surface area (Å²) in [6.07, 6.45) is 0. The molecule has 0 aliphatic carbocycles. The summed E-state index contributed by atoms with van der Waals surface area (Å²) < 4.78 is 0. The summed E-state index contributed by atoms with van der Waals surface area (Å²) >= 11 is 5.69. The number of rotatable bonds is 0. The van der Waals surface area contributed by atoms with E-state index in [1.807, 2.05) is 0 Å². The highest BCUT2D eigenvalue weighted by molar-refractivity contribution is 6.33. The van der Waals surface area contributed by atoms with Gasteiger partial charge in [0.2, 0.25) is 0 Å². The number of hydrogen-bond acceptors (Lipinski definition) is 3. The van der Waals surface area contributed by atoms with Crippen LogP contribution in [-0.2, 0) is 0 Å². The molecule has 3 nitrogen and oxygen atoms in total. The lowest BCUT2D eigenvalue weighted by Crippen LogP contribution is -1.94. The maximum absolute atomic E-state index is 9.23. The summed E-state index contributed by atoms with van der Waals surface area (Å²) in [5, 5.41) is 18.6. The number of halogens is 1. The van der Waals surface area contributed by atoms with Crippen LogP contribution in [0.15, 0.2) is 0 Å². The molecule has 1 rings (SSSR count). The van der Waals surface area contributed by atoms with Gasteiger partial charge in [-0.15, -0.1) is 0 Å². The smallest absolute Gasteiger partial charge is 0.182 e. The van der Waals surface area contributed by atoms with Crippen LogP contribution in [0, 0.1) is 13.8 Å². The van der Waals surface area contributed by atoms with E-state index in [2.05, 4.69) is 0 Å². The van der Waals surface area contributed by atoms with Crippen LogP contribution in [0.2, 0.25) is 5.02 Å². The first-order valence-corrected chi connectivity index (χ1v) is 3.80. The zero-order valence-electron chi connectivity index (χ0n) is 6.85. The molecule has 0 spiro atoms. The Kier molecular flexibility index (Phi) is 2.06. The molecular formula is C8H10ClNO2. The van der Waals surface area contributed by atoms with E-state index in [9.17, 15) is 10.2 Å². The number of nitrogens with two attached hydrogens (primary N) is 1. The molecule has 0 saturated heterocycles. The van der Waals surface area contributed by atoms with E-state index in [0.717, 1.165) is 0 Å². The second-order valence-electron chi connectivity index (χ2n) is 2.67. The summed E-state index contributed by atoms with van der Waals surface area (Å²) in [6, 6.07) is 0. The highest BCUT2D eigenvalue weighted by Gasteiger charge is 2.14. The molecule has 0 radical (unpaired) electrons. The molecule has 12 heavy (non-hydrogen) atoms. The van der Waals surface area contributed by atoms with Crippen LogP contribution < -0.4 is 5.73 Å². The largest absolute Gasteiger partial charge is 0.503 e. The molecule has 4 N–H and O–H groups in total. The van der Waals surface area contributed by atoms with E-state index in [1.54, 1.807) is 13.8 Å². The molecule has 0 fully saturated rings. The average Bonchev–Trinajstić information content (AvgIpc) is 2.08. The predicted octanol–water partition coefficient (Wildman–Crippen LogP) is 1.95. The summed E-state index contributed by atoms with van der Waals surface area (Å²) in [7, 11) is 0. The normalized spacial score (nSPS) is 10.2. The summed E-state index contributed by atoms with van der Waals surface area (Å²) in [5.74, 6) is -0.694. The van der Waals surface area contributed by atoms with E-state index in [-0.39, 0.29) is 22.2 Å². The Hall–Kier alpha value is -1.09. The standard InChI is InChI=1S/C8H10ClNO2/c1-3-4(2)6(10)8(12)7(11)5(3)9/h11-12H,10H2,1-2H3. The van der Waals surface area contributed by atoms with Crippen LogP contribution in [0.3, 0.4) is 0 Å². The molecule has 0 atom stereocenters. The first-order valence-electron chi connectivity index (χ1n) is 3.42. The van der Waals surface area contributed by atoms with Crippen molar-refractivity contribution < 1.29 is 10.2 Å². The molecular weight excluding hydrogens is 178 g/mol. The maximum atomic E-state index is 9.23. The lowest BCUT2D eigenvalue weighted by Gasteiger charge is -2.10. The molecule has 0 heterocycles. The Bertz CT molecular complexity index is 231. The fraction of sp³-hybridized carbons (Fsp3) is 0.250. The number of anilines is 1. The first-order chi connectivity index (χ1) is 5.46. The molecule has 66 valence electrons. The molecule has 0 bridgehead atoms. The Morgan fingerprint density at radius 1 is 1.08 bits per heavy atom. The van der Waals surface area contributed by atoms with Gasteiger partial charge >= 0.3 is 0 Å². The third-order valence-electron chi connectivity index (χ3n) is 1.98. The molecule has 0 aliphatic rings. The van der Waals surface area contributed by atoms with Gasteiger partial charge in [-0.1, -0.05) is 11.6 Å². The highest BCUT2D eigenvalue weighted by atomic mass is 35.5. The molecule has 0 aromatic heterocycles. The Morgan fingerprint density at radius 2 is 1.58 bits per heavy atom. The highest BCUT2D eigenvalue weighted by Crippen LogP contribution is 2.42. The second-order valence-corrected chi connectivity index (χ2v) is 3.05. The fourth-order valence-electron chi connectivity index (χ4n) is 0.953. The topological polar surface area (TPSA) is 66.5 Å². The third-order valence-corrected chi connectivity index (χ3v) is 2.45. The van der Waals surface area contributed by atoms with Gasteiger partial charge in [-0.2, -0.15) is 0 Å². The second kappa shape index (κ2) is 2.75. The van der Waals surface area contributed by atoms with Crippen molar-refractivity contribution in [3.05, 3.63) is 16.1 Å². The monoisotopic (exact) mass is 187 g/mol. The van der Waals surface area contributed by atoms with Crippen molar-refractivity contribution >= 4 is 17.3 Å². The van der Waals surface area contributed by atoms with Gasteiger partial charge in [0.05, 0.1) is 10.7 Å². The first kappa shape index (κ1) is 9.00. The van der Waals surface area contributed by atoms with Gasteiger partial charge < -0.3 is 15.9 Å². The van der Waals surface area contributed by atoms with E-state index in [4.69, 9.17) is 17.3 Å². The summed E-state index contributed by atoms with van der Waals surface area (Å²) in [6.45, 7) is 3.46. The van der Waals surface area contributed by atoms with Gasteiger partial charge in [-0.25, -0.2) is 0 Å². The van der Waals surface area contributed by atoms with Crippen molar-refractivity contribution in [1.82, 2.24) is 0 Å². The Labute approximate surface area is 75.4 Å². The minimum absolute atomic E-state index is 0.152. The van der Waals surface area contributed by atoms with Crippen molar-refractivity contribution in [2.75, 3.05) is 5.73 Å². The van der Waals surface area contributed by atoms with Crippen LogP contribution in [0.1, 0.15) is 11.1 Å². The Balaban J connectivity index is 3.60. The van der Waals surface area contributed by atoms with Crippen LogP contribution in [0.4, 0.5) is 5.69 Å². The lowest BCUT2D eigenvalue weighted by molar-refractivity contribution is 0.405. The zero-order chi connectivity index (χ0) is 9.46. The lowest BCUT2D eigenvalue weighted by atomic mass is 10.1. The Morgan fingerprint density at radius 3 is 2.08 bits per heavy atom. The van der Waals surface area contributed by atoms with Crippen molar-refractivity contribution in [1.29, 1.82) is 0 Å². The number of phenols is 2. The SMILES string of the molecule is Cc1c(C)c(Cl)c(O)c(O)c1N. The molecule has 0 aliphatic heterocycles. The molecule has 1 aromatic carbocycles. The van der Waals surface area contributed by atoms with Gasteiger partial charge in [0.1, 0.15) is 0 Å². The van der Waals surface area contributed by atoms with Gasteiger partial charge in [-0.3, -0.25) is 0 Å². The number of benzene rings is 1. The summed E-state index contributed by atoms with van der Waals surface area (Å²) in [4.78, 5) is 0. The quantitative estimate of drug-likeness (QED) is 0.430. The number of nitrogen functional groups attached to an aromatic ring is 1. The van der Waals surface area contributed by atoms with E-state index in [0.29, 0.717) is 11.1 Å². The maximum Gasteiger partial charge on any atom is 0.182 e. The van der Waals surface area contributed by atoms with E-state index >= 15 is 0 Å². The van der Waals surface area contributed by atoms with Crippen molar-refractivity contribution in [2.24, 2.45) is 0 Å². The van der Waals surface area contributed by atoms with Gasteiger partial charge in [0.25, 0.3) is 0 Å². The number of aromatic hydroxyl groups is 2. The predicted molar refractivity (Wildman–Crippen MR) is 48.7 cm³/mol. The molecule has 0 unspecified atom stereocenters. The van der Waals surface area contributed by atoms with Crippen LogP contribution >= 0.6 is 11.6 Å². The van der Waals surface area contributed by atoms with Crippen LogP contribution in [0.5, 0.6) is 11.5 Å². The molecule has 0 saturated carbocycles. The fourth-order valence-corrected chi connectivity index (χ4v) is 1.18. The van der Waals surface area contributed by atoms with Crippen molar-refractivity contribution in [3.63, 3.8) is 0 Å². The van der Waals surface area contributed by atoms with Crippen LogP contribution in [0.25, 0.3) is 0 Å². The van der Waals surface area contributed by atoms with Crippen molar-refractivity contribution in [3.8, 4) is 11.5 Å². The number of hydrogen-bond donors (Lipinski definition) is 3. The summed E-state index contributed by atoms with van der Waals surface area (Å²) in [5.41, 5.74) is 7.03.